The van der Waals surface area contributed by atoms with Crippen molar-refractivity contribution in [3.05, 3.63) is 82.5 Å². The molecule has 0 aromatic heterocycles. The van der Waals surface area contributed by atoms with Crippen LogP contribution in [-0.2, 0) is 24.2 Å². The molecule has 0 radical (unpaired) electrons. The summed E-state index contributed by atoms with van der Waals surface area (Å²) in [5.74, 6) is -1.35. The van der Waals surface area contributed by atoms with Gasteiger partial charge in [-0.1, -0.05) is 65.7 Å². The molecule has 0 heterocycles. The third-order valence-corrected chi connectivity index (χ3v) is 7.22. The molecule has 0 saturated heterocycles. The van der Waals surface area contributed by atoms with Crippen LogP contribution in [0.3, 0.4) is 0 Å². The molecule has 0 aliphatic heterocycles. The maximum Gasteiger partial charge on any atom is 0.524 e. The van der Waals surface area contributed by atoms with Gasteiger partial charge >= 0.3 is 6.36 Å². The Kier molecular flexibility index (Phi) is 11.1. The maximum absolute atomic E-state index is 13.3. The number of amides is 1. The summed E-state index contributed by atoms with van der Waals surface area (Å²) in [5.41, 5.74) is 0.783. The monoisotopic (exact) mass is 608 g/mol. The first-order chi connectivity index (χ1) is 18.1. The molecular weight excluding hydrogens is 584 g/mol. The zero-order valence-corrected chi connectivity index (χ0v) is 23.0. The van der Waals surface area contributed by atoms with Crippen molar-refractivity contribution in [3.8, 4) is 0 Å². The molecule has 2 aromatic rings. The predicted octanol–water partition coefficient (Wildman–Crippen LogP) is 4.62. The first kappa shape index (κ1) is 32.3. The molecule has 0 spiro atoms. The van der Waals surface area contributed by atoms with E-state index in [1.165, 1.54) is 30.3 Å². The lowest BCUT2D eigenvalue weighted by Crippen LogP contribution is -2.41. The third-order valence-electron chi connectivity index (χ3n) is 5.39. The summed E-state index contributed by atoms with van der Waals surface area (Å²) in [5, 5.41) is 9.83. The summed E-state index contributed by atoms with van der Waals surface area (Å²) in [7, 11) is -1.81. The fourth-order valence-corrected chi connectivity index (χ4v) is 5.37. The van der Waals surface area contributed by atoms with Crippen molar-refractivity contribution < 1.29 is 41.0 Å². The van der Waals surface area contributed by atoms with E-state index >= 15 is 0 Å². The Morgan fingerprint density at radius 3 is 2.23 bits per heavy atom. The summed E-state index contributed by atoms with van der Waals surface area (Å²) >= 11 is 12.8. The minimum atomic E-state index is -5.08. The molecule has 0 fully saturated rings. The number of carbonyl (C=O) groups excluding carboxylic acids is 1. The largest absolute Gasteiger partial charge is 0.524 e. The molecule has 8 nitrogen and oxygen atoms in total. The van der Waals surface area contributed by atoms with Crippen LogP contribution in [0.15, 0.2) is 76.3 Å². The van der Waals surface area contributed by atoms with Crippen LogP contribution in [0.4, 0.5) is 13.2 Å². The van der Waals surface area contributed by atoms with Gasteiger partial charge in [0.15, 0.2) is 14.9 Å². The van der Waals surface area contributed by atoms with Gasteiger partial charge in [-0.05, 0) is 36.4 Å². The number of ether oxygens (including phenoxy) is 1. The number of hydrogen-bond acceptors (Lipinski definition) is 6. The van der Waals surface area contributed by atoms with Crippen molar-refractivity contribution in [1.29, 1.82) is 0 Å². The minimum absolute atomic E-state index is 0.0257. The lowest BCUT2D eigenvalue weighted by Gasteiger charge is -2.35. The SMILES string of the molecule is CNCC(C(=O)NC1=CC(Cl)=C(c2ccccc2)C(Cl)(OC(F)(F)F)C1)c1ccc(S(C)(=O)=O)cc1.O=CO. The minimum Gasteiger partial charge on any atom is -0.483 e. The van der Waals surface area contributed by atoms with Crippen LogP contribution in [0, 0.1) is 0 Å². The molecule has 0 bridgehead atoms. The summed E-state index contributed by atoms with van der Waals surface area (Å²) in [6, 6.07) is 13.8. The second-order valence-electron chi connectivity index (χ2n) is 8.26. The predicted molar refractivity (Wildman–Crippen MR) is 141 cm³/mol. The molecule has 212 valence electrons. The normalized spacial score (nSPS) is 18.4. The third kappa shape index (κ3) is 9.07. The molecular formula is C25H25Cl2F3N2O6S. The van der Waals surface area contributed by atoms with Crippen LogP contribution in [0.5, 0.6) is 0 Å². The fourth-order valence-electron chi connectivity index (χ4n) is 3.86. The molecule has 1 aliphatic carbocycles. The van der Waals surface area contributed by atoms with Crippen LogP contribution < -0.4 is 10.6 Å². The molecule has 2 atom stereocenters. The highest BCUT2D eigenvalue weighted by atomic mass is 35.5. The average molecular weight is 609 g/mol. The van der Waals surface area contributed by atoms with E-state index in [0.717, 1.165) is 6.26 Å². The molecule has 3 N–H and O–H groups in total. The van der Waals surface area contributed by atoms with Gasteiger partial charge in [-0.3, -0.25) is 14.3 Å². The Bertz CT molecular complexity index is 1330. The van der Waals surface area contributed by atoms with Gasteiger partial charge in [0.2, 0.25) is 5.91 Å². The topological polar surface area (TPSA) is 122 Å². The van der Waals surface area contributed by atoms with Gasteiger partial charge in [-0.2, -0.15) is 0 Å². The molecule has 1 amide bonds. The smallest absolute Gasteiger partial charge is 0.483 e. The molecule has 39 heavy (non-hydrogen) atoms. The van der Waals surface area contributed by atoms with Crippen molar-refractivity contribution >= 4 is 51.0 Å². The summed E-state index contributed by atoms with van der Waals surface area (Å²) < 4.78 is 67.8. The van der Waals surface area contributed by atoms with Gasteiger partial charge in [-0.15, -0.1) is 13.2 Å². The van der Waals surface area contributed by atoms with E-state index in [9.17, 15) is 26.4 Å². The molecule has 0 saturated carbocycles. The number of carboxylic acid groups (broad SMARTS) is 1. The van der Waals surface area contributed by atoms with E-state index in [1.807, 2.05) is 0 Å². The van der Waals surface area contributed by atoms with Gasteiger partial charge in [0.1, 0.15) is 0 Å². The average Bonchev–Trinajstić information content (AvgIpc) is 2.81. The number of benzene rings is 2. The lowest BCUT2D eigenvalue weighted by atomic mass is 9.91. The van der Waals surface area contributed by atoms with E-state index in [4.69, 9.17) is 33.1 Å². The van der Waals surface area contributed by atoms with Crippen molar-refractivity contribution in [1.82, 2.24) is 10.6 Å². The van der Waals surface area contributed by atoms with Crippen LogP contribution in [0.1, 0.15) is 23.5 Å². The van der Waals surface area contributed by atoms with Gasteiger partial charge in [0.25, 0.3) is 6.47 Å². The molecule has 2 aromatic carbocycles. The summed E-state index contributed by atoms with van der Waals surface area (Å²) in [4.78, 5) is 21.6. The first-order valence-electron chi connectivity index (χ1n) is 11.1. The Hall–Kier alpha value is -2.90. The van der Waals surface area contributed by atoms with E-state index in [0.29, 0.717) is 11.1 Å². The number of sulfone groups is 1. The zero-order valence-electron chi connectivity index (χ0n) is 20.6. The van der Waals surface area contributed by atoms with Crippen LogP contribution in [-0.4, -0.2) is 57.2 Å². The number of carbonyl (C=O) groups is 2. The lowest BCUT2D eigenvalue weighted by molar-refractivity contribution is -0.342. The number of nitrogens with one attached hydrogen (secondary N) is 2. The quantitative estimate of drug-likeness (QED) is 0.295. The summed E-state index contributed by atoms with van der Waals surface area (Å²) in [6.45, 7) is -0.0821. The van der Waals surface area contributed by atoms with E-state index < -0.39 is 39.5 Å². The molecule has 1 aliphatic rings. The van der Waals surface area contributed by atoms with Crippen LogP contribution in [0.25, 0.3) is 5.57 Å². The van der Waals surface area contributed by atoms with Crippen LogP contribution in [0.2, 0.25) is 0 Å². The molecule has 14 heteroatoms. The highest BCUT2D eigenvalue weighted by molar-refractivity contribution is 7.90. The second-order valence-corrected chi connectivity index (χ2v) is 11.3. The van der Waals surface area contributed by atoms with Gasteiger partial charge in [-0.25, -0.2) is 8.42 Å². The van der Waals surface area contributed by atoms with Gasteiger partial charge in [0.05, 0.1) is 15.8 Å². The van der Waals surface area contributed by atoms with Crippen molar-refractivity contribution in [2.75, 3.05) is 19.8 Å². The number of allylic oxidation sites excluding steroid dienone is 2. The highest BCUT2D eigenvalue weighted by Crippen LogP contribution is 2.48. The Labute approximate surface area is 233 Å². The molecule has 2 unspecified atom stereocenters. The first-order valence-corrected chi connectivity index (χ1v) is 13.7. The fraction of sp³-hybridized carbons (Fsp3) is 0.280. The number of rotatable bonds is 8. The van der Waals surface area contributed by atoms with Crippen molar-refractivity contribution in [2.45, 2.75) is 28.7 Å². The van der Waals surface area contributed by atoms with Gasteiger partial charge < -0.3 is 15.7 Å². The van der Waals surface area contributed by atoms with E-state index in [2.05, 4.69) is 15.4 Å². The second kappa shape index (κ2) is 13.4. The zero-order chi connectivity index (χ0) is 29.4. The Morgan fingerprint density at radius 2 is 1.74 bits per heavy atom. The van der Waals surface area contributed by atoms with Crippen molar-refractivity contribution in [3.63, 3.8) is 0 Å². The Balaban J connectivity index is 0.00000170. The number of alkyl halides is 4. The number of halogens is 5. The molecule has 3 rings (SSSR count). The van der Waals surface area contributed by atoms with Gasteiger partial charge in [0, 0.05) is 30.5 Å². The summed E-state index contributed by atoms with van der Waals surface area (Å²) in [6.07, 6.45) is -3.20. The number of likely N-dealkylation sites (N-methyl/N-ethyl adjacent to an activating group) is 1. The van der Waals surface area contributed by atoms with Crippen LogP contribution >= 0.6 is 23.2 Å². The standard InChI is InChI=1S/C24H23Cl2F3N2O4S.CH2O2/c1-30-14-19(15-8-10-18(11-9-15)36(2,33)34)22(32)31-17-12-20(25)21(16-6-4-3-5-7-16)23(26,13-17)35-24(27,28)29;2-1-3/h3-12,19,30H,13-14H2,1-2H3,(H,31,32);1H,(H,2,3). The highest BCUT2D eigenvalue weighted by Gasteiger charge is 2.48. The number of hydrogen-bond donors (Lipinski definition) is 3. The Morgan fingerprint density at radius 1 is 1.18 bits per heavy atom. The van der Waals surface area contributed by atoms with E-state index in [-0.39, 0.29) is 34.2 Å². The maximum atomic E-state index is 13.3. The van der Waals surface area contributed by atoms with E-state index in [1.54, 1.807) is 37.4 Å². The van der Waals surface area contributed by atoms with Crippen molar-refractivity contribution in [2.24, 2.45) is 0 Å².